The second-order valence-corrected chi connectivity index (χ2v) is 5.60. The van der Waals surface area contributed by atoms with E-state index in [1.54, 1.807) is 23.4 Å². The van der Waals surface area contributed by atoms with Crippen LogP contribution in [0.5, 0.6) is 0 Å². The number of aromatic nitrogens is 1. The van der Waals surface area contributed by atoms with Crippen LogP contribution >= 0.6 is 0 Å². The summed E-state index contributed by atoms with van der Waals surface area (Å²) in [5.74, 6) is -0.00604. The largest absolute Gasteiger partial charge is 0.350 e. The molecule has 0 bridgehead atoms. The van der Waals surface area contributed by atoms with Crippen LogP contribution in [0.25, 0.3) is 0 Å². The maximum absolute atomic E-state index is 12.1. The Balaban J connectivity index is 1.80. The van der Waals surface area contributed by atoms with Gasteiger partial charge in [-0.05, 0) is 39.1 Å². The monoisotopic (exact) mass is 290 g/mol. The standard InChI is InChI=1S/C15H22N4O2/c1-11-8-12(10-16-9-11)14(20)17-5-7-19-6-4-13(15(19)21)18(2)3/h8-10,13H,4-7H2,1-3H3,(H,17,20). The molecule has 0 radical (unpaired) electrons. The summed E-state index contributed by atoms with van der Waals surface area (Å²) in [5, 5.41) is 2.83. The normalized spacial score (nSPS) is 18.4. The molecule has 2 rings (SSSR count). The molecule has 1 aromatic heterocycles. The molecule has 1 saturated heterocycles. The van der Waals surface area contributed by atoms with Gasteiger partial charge in [0.2, 0.25) is 5.91 Å². The molecule has 1 fully saturated rings. The smallest absolute Gasteiger partial charge is 0.252 e. The number of likely N-dealkylation sites (tertiary alicyclic amines) is 1. The summed E-state index contributed by atoms with van der Waals surface area (Å²) >= 11 is 0. The molecule has 6 heteroatoms. The molecule has 2 heterocycles. The lowest BCUT2D eigenvalue weighted by Gasteiger charge is -2.20. The third-order valence-corrected chi connectivity index (χ3v) is 3.70. The second-order valence-electron chi connectivity index (χ2n) is 5.60. The van der Waals surface area contributed by atoms with E-state index in [4.69, 9.17) is 0 Å². The molecule has 114 valence electrons. The number of likely N-dealkylation sites (N-methyl/N-ethyl adjacent to an activating group) is 1. The highest BCUT2D eigenvalue weighted by Crippen LogP contribution is 2.14. The lowest BCUT2D eigenvalue weighted by molar-refractivity contribution is -0.131. The first-order chi connectivity index (χ1) is 9.99. The summed E-state index contributed by atoms with van der Waals surface area (Å²) in [6.07, 6.45) is 4.11. The van der Waals surface area contributed by atoms with Gasteiger partial charge < -0.3 is 10.2 Å². The maximum Gasteiger partial charge on any atom is 0.252 e. The van der Waals surface area contributed by atoms with Crippen LogP contribution < -0.4 is 5.32 Å². The molecule has 1 aliphatic heterocycles. The number of hydrogen-bond acceptors (Lipinski definition) is 4. The van der Waals surface area contributed by atoms with Gasteiger partial charge in [-0.3, -0.25) is 19.5 Å². The molecule has 0 aliphatic carbocycles. The van der Waals surface area contributed by atoms with Gasteiger partial charge in [0.1, 0.15) is 0 Å². The van der Waals surface area contributed by atoms with Crippen molar-refractivity contribution in [3.8, 4) is 0 Å². The fraction of sp³-hybridized carbons (Fsp3) is 0.533. The van der Waals surface area contributed by atoms with Crippen molar-refractivity contribution >= 4 is 11.8 Å². The molecule has 1 unspecified atom stereocenters. The molecule has 2 amide bonds. The van der Waals surface area contributed by atoms with Crippen LogP contribution in [0.2, 0.25) is 0 Å². The van der Waals surface area contributed by atoms with Crippen LogP contribution in [0.3, 0.4) is 0 Å². The van der Waals surface area contributed by atoms with E-state index in [2.05, 4.69) is 10.3 Å². The molecule has 21 heavy (non-hydrogen) atoms. The predicted octanol–water partition coefficient (Wildman–Crippen LogP) is 0.282. The van der Waals surface area contributed by atoms with Crippen molar-refractivity contribution in [2.24, 2.45) is 0 Å². The number of nitrogens with zero attached hydrogens (tertiary/aromatic N) is 3. The van der Waals surface area contributed by atoms with Crippen molar-refractivity contribution in [2.45, 2.75) is 19.4 Å². The summed E-state index contributed by atoms with van der Waals surface area (Å²) in [6.45, 7) is 3.66. The van der Waals surface area contributed by atoms with Crippen molar-refractivity contribution in [1.29, 1.82) is 0 Å². The second kappa shape index (κ2) is 6.67. The van der Waals surface area contributed by atoms with Gasteiger partial charge in [-0.25, -0.2) is 0 Å². The third-order valence-electron chi connectivity index (χ3n) is 3.70. The number of carbonyl (C=O) groups excluding carboxylic acids is 2. The van der Waals surface area contributed by atoms with Gasteiger partial charge in [0.25, 0.3) is 5.91 Å². The number of hydrogen-bond donors (Lipinski definition) is 1. The average molecular weight is 290 g/mol. The number of rotatable bonds is 5. The SMILES string of the molecule is Cc1cncc(C(=O)NCCN2CCC(N(C)C)C2=O)c1. The van der Waals surface area contributed by atoms with Crippen molar-refractivity contribution in [3.05, 3.63) is 29.6 Å². The lowest BCUT2D eigenvalue weighted by atomic mass is 10.2. The topological polar surface area (TPSA) is 65.5 Å². The van der Waals surface area contributed by atoms with Gasteiger partial charge in [-0.2, -0.15) is 0 Å². The Bertz CT molecular complexity index is 530. The Labute approximate surface area is 125 Å². The quantitative estimate of drug-likeness (QED) is 0.846. The van der Waals surface area contributed by atoms with Crippen LogP contribution in [0.1, 0.15) is 22.3 Å². The van der Waals surface area contributed by atoms with Gasteiger partial charge in [0.05, 0.1) is 11.6 Å². The van der Waals surface area contributed by atoms with Crippen LogP contribution in [-0.2, 0) is 4.79 Å². The summed E-state index contributed by atoms with van der Waals surface area (Å²) in [6, 6.07) is 1.77. The van der Waals surface area contributed by atoms with E-state index in [1.807, 2.05) is 25.9 Å². The van der Waals surface area contributed by atoms with E-state index in [0.29, 0.717) is 18.7 Å². The Hall–Kier alpha value is -1.95. The van der Waals surface area contributed by atoms with E-state index in [0.717, 1.165) is 18.5 Å². The highest BCUT2D eigenvalue weighted by atomic mass is 16.2. The zero-order valence-corrected chi connectivity index (χ0v) is 12.8. The van der Waals surface area contributed by atoms with E-state index < -0.39 is 0 Å². The molecule has 1 aromatic rings. The Morgan fingerprint density at radius 3 is 2.86 bits per heavy atom. The maximum atomic E-state index is 12.1. The summed E-state index contributed by atoms with van der Waals surface area (Å²) in [4.78, 5) is 31.8. The van der Waals surface area contributed by atoms with Gasteiger partial charge in [-0.15, -0.1) is 0 Å². The zero-order valence-electron chi connectivity index (χ0n) is 12.8. The van der Waals surface area contributed by atoms with Gasteiger partial charge in [-0.1, -0.05) is 0 Å². The van der Waals surface area contributed by atoms with E-state index in [1.165, 1.54) is 0 Å². The number of amides is 2. The first-order valence-corrected chi connectivity index (χ1v) is 7.14. The highest BCUT2D eigenvalue weighted by molar-refractivity contribution is 5.94. The third kappa shape index (κ3) is 3.78. The van der Waals surface area contributed by atoms with Crippen molar-refractivity contribution < 1.29 is 9.59 Å². The molecular formula is C15H22N4O2. The van der Waals surface area contributed by atoms with Crippen LogP contribution in [0.15, 0.2) is 18.5 Å². The fourth-order valence-corrected chi connectivity index (χ4v) is 2.51. The molecule has 6 nitrogen and oxygen atoms in total. The molecule has 0 saturated carbocycles. The first kappa shape index (κ1) is 15.4. The molecule has 1 atom stereocenters. The first-order valence-electron chi connectivity index (χ1n) is 7.14. The van der Waals surface area contributed by atoms with Crippen LogP contribution in [0.4, 0.5) is 0 Å². The number of pyridine rings is 1. The predicted molar refractivity (Wildman–Crippen MR) is 80.0 cm³/mol. The van der Waals surface area contributed by atoms with Crippen LogP contribution in [-0.4, -0.2) is 66.4 Å². The van der Waals surface area contributed by atoms with Crippen molar-refractivity contribution in [3.63, 3.8) is 0 Å². The van der Waals surface area contributed by atoms with Gasteiger partial charge in [0.15, 0.2) is 0 Å². The minimum atomic E-state index is -0.151. The Morgan fingerprint density at radius 1 is 1.48 bits per heavy atom. The van der Waals surface area contributed by atoms with Crippen molar-refractivity contribution in [2.75, 3.05) is 33.7 Å². The molecule has 1 N–H and O–H groups in total. The zero-order chi connectivity index (χ0) is 15.4. The number of carbonyl (C=O) groups is 2. The van der Waals surface area contributed by atoms with Gasteiger partial charge >= 0.3 is 0 Å². The van der Waals surface area contributed by atoms with Gasteiger partial charge in [0, 0.05) is 32.0 Å². The summed E-state index contributed by atoms with van der Waals surface area (Å²) in [5.41, 5.74) is 1.50. The molecular weight excluding hydrogens is 268 g/mol. The minimum absolute atomic E-state index is 0.0262. The summed E-state index contributed by atoms with van der Waals surface area (Å²) < 4.78 is 0. The lowest BCUT2D eigenvalue weighted by Crippen LogP contribution is -2.40. The molecule has 0 aromatic carbocycles. The molecule has 0 spiro atoms. The average Bonchev–Trinajstić information content (AvgIpc) is 2.80. The molecule has 1 aliphatic rings. The number of aryl methyl sites for hydroxylation is 1. The minimum Gasteiger partial charge on any atom is -0.350 e. The van der Waals surface area contributed by atoms with E-state index in [-0.39, 0.29) is 17.9 Å². The summed E-state index contributed by atoms with van der Waals surface area (Å²) in [7, 11) is 3.83. The highest BCUT2D eigenvalue weighted by Gasteiger charge is 2.32. The fourth-order valence-electron chi connectivity index (χ4n) is 2.51. The van der Waals surface area contributed by atoms with E-state index >= 15 is 0 Å². The number of nitrogens with one attached hydrogen (secondary N) is 1. The Kier molecular flexibility index (Phi) is 4.90. The van der Waals surface area contributed by atoms with Crippen molar-refractivity contribution in [1.82, 2.24) is 20.1 Å². The van der Waals surface area contributed by atoms with Crippen LogP contribution in [0, 0.1) is 6.92 Å². The Morgan fingerprint density at radius 2 is 2.24 bits per heavy atom. The van der Waals surface area contributed by atoms with E-state index in [9.17, 15) is 9.59 Å².